The van der Waals surface area contributed by atoms with Crippen LogP contribution in [0, 0.1) is 0 Å². The average Bonchev–Trinajstić information content (AvgIpc) is 2.47. The lowest BCUT2D eigenvalue weighted by Gasteiger charge is -2.11. The molecule has 0 bridgehead atoms. The van der Waals surface area contributed by atoms with Crippen LogP contribution < -0.4 is 10.3 Å². The van der Waals surface area contributed by atoms with Crippen LogP contribution in [0.1, 0.15) is 15.9 Å². The minimum Gasteiger partial charge on any atom is -0.378 e. The highest BCUT2D eigenvalue weighted by atomic mass is 79.9. The van der Waals surface area contributed by atoms with Crippen LogP contribution >= 0.6 is 15.9 Å². The normalized spacial score (nSPS) is 10.6. The zero-order valence-electron chi connectivity index (χ0n) is 11.9. The Balaban J connectivity index is 1.97. The van der Waals surface area contributed by atoms with E-state index in [2.05, 4.69) is 26.5 Å². The van der Waals surface area contributed by atoms with Crippen molar-refractivity contribution in [1.82, 2.24) is 5.43 Å². The van der Waals surface area contributed by atoms with Gasteiger partial charge >= 0.3 is 0 Å². The van der Waals surface area contributed by atoms with Gasteiger partial charge in [-0.05, 0) is 35.9 Å². The van der Waals surface area contributed by atoms with Gasteiger partial charge in [0.05, 0.1) is 6.21 Å². The highest BCUT2D eigenvalue weighted by Gasteiger charge is 2.03. The summed E-state index contributed by atoms with van der Waals surface area (Å²) in [5.74, 6) is -0.238. The minimum absolute atomic E-state index is 0.238. The topological polar surface area (TPSA) is 44.7 Å². The Kier molecular flexibility index (Phi) is 5.11. The highest BCUT2D eigenvalue weighted by molar-refractivity contribution is 9.10. The first-order valence-electron chi connectivity index (χ1n) is 6.42. The minimum atomic E-state index is -0.238. The summed E-state index contributed by atoms with van der Waals surface area (Å²) in [6.07, 6.45) is 1.62. The highest BCUT2D eigenvalue weighted by Crippen LogP contribution is 2.12. The van der Waals surface area contributed by atoms with Gasteiger partial charge in [0.15, 0.2) is 0 Å². The van der Waals surface area contributed by atoms with Gasteiger partial charge in [0.2, 0.25) is 0 Å². The number of rotatable bonds is 4. The number of nitrogens with one attached hydrogen (secondary N) is 1. The van der Waals surface area contributed by atoms with Gasteiger partial charge in [0.1, 0.15) is 0 Å². The molecule has 108 valence electrons. The van der Waals surface area contributed by atoms with E-state index in [4.69, 9.17) is 0 Å². The molecule has 2 aromatic rings. The Hall–Kier alpha value is -2.14. The largest absolute Gasteiger partial charge is 0.378 e. The average molecular weight is 346 g/mol. The van der Waals surface area contributed by atoms with Crippen LogP contribution in [0.25, 0.3) is 0 Å². The number of halogens is 1. The number of amides is 1. The number of nitrogens with zero attached hydrogens (tertiary/aromatic N) is 2. The Morgan fingerprint density at radius 1 is 1.19 bits per heavy atom. The monoisotopic (exact) mass is 345 g/mol. The molecule has 0 heterocycles. The molecule has 1 N–H and O–H groups in total. The standard InChI is InChI=1S/C16H16BrN3O/c1-20(2)15-8-6-12(7-9-15)11-18-19-16(21)13-4-3-5-14(17)10-13/h3-11H,1-2H3,(H,19,21). The van der Waals surface area contributed by atoms with Crippen molar-refractivity contribution in [2.24, 2.45) is 5.10 Å². The van der Waals surface area contributed by atoms with E-state index in [1.54, 1.807) is 18.3 Å². The Morgan fingerprint density at radius 2 is 1.90 bits per heavy atom. The van der Waals surface area contributed by atoms with Crippen LogP contribution in [0.4, 0.5) is 5.69 Å². The molecule has 21 heavy (non-hydrogen) atoms. The van der Waals surface area contributed by atoms with E-state index in [-0.39, 0.29) is 5.91 Å². The van der Waals surface area contributed by atoms with E-state index in [1.807, 2.05) is 55.4 Å². The number of hydrazone groups is 1. The molecule has 0 atom stereocenters. The van der Waals surface area contributed by atoms with Gasteiger partial charge in [-0.3, -0.25) is 4.79 Å². The molecule has 2 aromatic carbocycles. The summed E-state index contributed by atoms with van der Waals surface area (Å²) in [5, 5.41) is 3.97. The number of carbonyl (C=O) groups excluding carboxylic acids is 1. The molecular weight excluding hydrogens is 330 g/mol. The molecular formula is C16H16BrN3O. The molecule has 0 fully saturated rings. The lowest BCUT2D eigenvalue weighted by molar-refractivity contribution is 0.0955. The Bertz CT molecular complexity index is 651. The quantitative estimate of drug-likeness (QED) is 0.682. The predicted octanol–water partition coefficient (Wildman–Crippen LogP) is 3.28. The second-order valence-corrected chi connectivity index (χ2v) is 5.61. The van der Waals surface area contributed by atoms with Crippen molar-refractivity contribution in [3.63, 3.8) is 0 Å². The van der Waals surface area contributed by atoms with E-state index < -0.39 is 0 Å². The zero-order chi connectivity index (χ0) is 15.2. The fraction of sp³-hybridized carbons (Fsp3) is 0.125. The van der Waals surface area contributed by atoms with Crippen molar-refractivity contribution in [2.75, 3.05) is 19.0 Å². The lowest BCUT2D eigenvalue weighted by Crippen LogP contribution is -2.17. The van der Waals surface area contributed by atoms with Crippen LogP contribution in [0.5, 0.6) is 0 Å². The van der Waals surface area contributed by atoms with Crippen molar-refractivity contribution in [2.45, 2.75) is 0 Å². The van der Waals surface area contributed by atoms with Crippen molar-refractivity contribution in [1.29, 1.82) is 0 Å². The maximum Gasteiger partial charge on any atom is 0.271 e. The molecule has 5 heteroatoms. The molecule has 2 rings (SSSR count). The second-order valence-electron chi connectivity index (χ2n) is 4.70. The van der Waals surface area contributed by atoms with Crippen LogP contribution in [0.15, 0.2) is 58.1 Å². The van der Waals surface area contributed by atoms with Crippen molar-refractivity contribution in [3.05, 3.63) is 64.1 Å². The van der Waals surface area contributed by atoms with Gasteiger partial charge in [-0.2, -0.15) is 5.10 Å². The number of hydrogen-bond donors (Lipinski definition) is 1. The summed E-state index contributed by atoms with van der Waals surface area (Å²) >= 11 is 3.33. The maximum atomic E-state index is 11.9. The molecule has 0 radical (unpaired) electrons. The summed E-state index contributed by atoms with van der Waals surface area (Å²) in [4.78, 5) is 13.9. The molecule has 0 aliphatic heterocycles. The summed E-state index contributed by atoms with van der Waals surface area (Å²) in [6, 6.07) is 15.1. The Labute approximate surface area is 132 Å². The molecule has 0 unspecified atom stereocenters. The first-order chi connectivity index (χ1) is 10.1. The van der Waals surface area contributed by atoms with E-state index in [9.17, 15) is 4.79 Å². The predicted molar refractivity (Wildman–Crippen MR) is 90.0 cm³/mol. The van der Waals surface area contributed by atoms with Gasteiger partial charge in [-0.1, -0.05) is 34.1 Å². The van der Waals surface area contributed by atoms with Gasteiger partial charge in [-0.15, -0.1) is 0 Å². The molecule has 0 aliphatic rings. The van der Waals surface area contributed by atoms with Crippen LogP contribution in [0.3, 0.4) is 0 Å². The van der Waals surface area contributed by atoms with Gasteiger partial charge in [-0.25, -0.2) is 5.43 Å². The fourth-order valence-corrected chi connectivity index (χ4v) is 2.12. The molecule has 0 aliphatic carbocycles. The second kappa shape index (κ2) is 7.04. The van der Waals surface area contributed by atoms with Crippen LogP contribution in [-0.4, -0.2) is 26.2 Å². The number of carbonyl (C=O) groups is 1. The summed E-state index contributed by atoms with van der Waals surface area (Å²) < 4.78 is 0.860. The number of hydrogen-bond acceptors (Lipinski definition) is 3. The SMILES string of the molecule is CN(C)c1ccc(C=NNC(=O)c2cccc(Br)c2)cc1. The third-order valence-corrected chi connectivity index (χ3v) is 3.37. The van der Waals surface area contributed by atoms with Crippen LogP contribution in [-0.2, 0) is 0 Å². The fourth-order valence-electron chi connectivity index (χ4n) is 1.72. The third-order valence-electron chi connectivity index (χ3n) is 2.88. The molecule has 0 saturated carbocycles. The van der Waals surface area contributed by atoms with E-state index >= 15 is 0 Å². The Morgan fingerprint density at radius 3 is 2.52 bits per heavy atom. The zero-order valence-corrected chi connectivity index (χ0v) is 13.5. The van der Waals surface area contributed by atoms with Crippen molar-refractivity contribution in [3.8, 4) is 0 Å². The molecule has 1 amide bonds. The van der Waals surface area contributed by atoms with E-state index in [0.717, 1.165) is 15.7 Å². The summed E-state index contributed by atoms with van der Waals surface area (Å²) in [5.41, 5.74) is 5.11. The van der Waals surface area contributed by atoms with Crippen LogP contribution in [0.2, 0.25) is 0 Å². The summed E-state index contributed by atoms with van der Waals surface area (Å²) in [6.45, 7) is 0. The maximum absolute atomic E-state index is 11.9. The first kappa shape index (κ1) is 15.3. The molecule has 0 spiro atoms. The van der Waals surface area contributed by atoms with Gasteiger partial charge in [0, 0.05) is 29.8 Å². The molecule has 0 saturated heterocycles. The van der Waals surface area contributed by atoms with Crippen molar-refractivity contribution < 1.29 is 4.79 Å². The van der Waals surface area contributed by atoms with Gasteiger partial charge < -0.3 is 4.90 Å². The van der Waals surface area contributed by atoms with E-state index in [1.165, 1.54) is 0 Å². The first-order valence-corrected chi connectivity index (χ1v) is 7.22. The number of anilines is 1. The molecule has 0 aromatic heterocycles. The van der Waals surface area contributed by atoms with Crippen molar-refractivity contribution >= 4 is 33.7 Å². The summed E-state index contributed by atoms with van der Waals surface area (Å²) in [7, 11) is 3.97. The lowest BCUT2D eigenvalue weighted by atomic mass is 10.2. The van der Waals surface area contributed by atoms with Gasteiger partial charge in [0.25, 0.3) is 5.91 Å². The number of benzene rings is 2. The molecule has 4 nitrogen and oxygen atoms in total. The third kappa shape index (κ3) is 4.43. The smallest absolute Gasteiger partial charge is 0.271 e. The van der Waals surface area contributed by atoms with E-state index in [0.29, 0.717) is 5.56 Å².